The number of carbonyl (C=O) groups is 2. The summed E-state index contributed by atoms with van der Waals surface area (Å²) < 4.78 is 5.10. The first-order valence-corrected chi connectivity index (χ1v) is 8.27. The molecular weight excluding hydrogens is 332 g/mol. The molecule has 0 N–H and O–H groups in total. The molecule has 7 heteroatoms. The van der Waals surface area contributed by atoms with E-state index in [1.54, 1.807) is 6.92 Å². The minimum Gasteiger partial charge on any atom is -0.446 e. The molecule has 26 heavy (non-hydrogen) atoms. The fourth-order valence-electron chi connectivity index (χ4n) is 3.09. The maximum absolute atomic E-state index is 13.1. The van der Waals surface area contributed by atoms with E-state index in [0.717, 1.165) is 16.0 Å². The number of hydrogen-bond donors (Lipinski definition) is 0. The van der Waals surface area contributed by atoms with Crippen LogP contribution in [0.15, 0.2) is 65.8 Å². The summed E-state index contributed by atoms with van der Waals surface area (Å²) in [6.07, 6.45) is -0.720. The third-order valence-corrected chi connectivity index (χ3v) is 4.52. The van der Waals surface area contributed by atoms with Crippen LogP contribution < -0.4 is 0 Å². The van der Waals surface area contributed by atoms with Gasteiger partial charge in [0.1, 0.15) is 18.7 Å². The largest absolute Gasteiger partial charge is 0.446 e. The second-order valence-corrected chi connectivity index (χ2v) is 6.06. The van der Waals surface area contributed by atoms with Crippen LogP contribution in [-0.4, -0.2) is 29.5 Å². The molecule has 1 saturated heterocycles. The molecule has 132 valence electrons. The van der Waals surface area contributed by atoms with Crippen molar-refractivity contribution in [2.45, 2.75) is 24.9 Å². The smallest absolute Gasteiger partial charge is 0.417 e. The second-order valence-electron chi connectivity index (χ2n) is 6.06. The Labute approximate surface area is 150 Å². The number of amides is 2. The number of nitrogens with zero attached hydrogens (tertiary/aromatic N) is 4. The van der Waals surface area contributed by atoms with Gasteiger partial charge in [-0.3, -0.25) is 4.79 Å². The minimum atomic E-state index is -1.04. The van der Waals surface area contributed by atoms with Crippen molar-refractivity contribution in [2.24, 2.45) is 5.11 Å². The third kappa shape index (κ3) is 3.38. The average molecular weight is 350 g/mol. The van der Waals surface area contributed by atoms with Crippen LogP contribution in [0.25, 0.3) is 10.4 Å². The van der Waals surface area contributed by atoms with Gasteiger partial charge in [-0.05, 0) is 22.6 Å². The first kappa shape index (κ1) is 17.5. The van der Waals surface area contributed by atoms with Crippen molar-refractivity contribution in [3.8, 4) is 0 Å². The van der Waals surface area contributed by atoms with Crippen LogP contribution in [0.1, 0.15) is 30.0 Å². The van der Waals surface area contributed by atoms with Crippen LogP contribution in [-0.2, 0) is 9.53 Å². The maximum Gasteiger partial charge on any atom is 0.417 e. The van der Waals surface area contributed by atoms with Crippen LogP contribution in [0.3, 0.4) is 0 Å². The molecule has 1 aliphatic heterocycles. The third-order valence-electron chi connectivity index (χ3n) is 4.52. The van der Waals surface area contributed by atoms with Gasteiger partial charge in [-0.2, -0.15) is 0 Å². The summed E-state index contributed by atoms with van der Waals surface area (Å²) in [5, 5.41) is 3.69. The van der Waals surface area contributed by atoms with Gasteiger partial charge in [0.05, 0.1) is 0 Å². The second kappa shape index (κ2) is 7.72. The number of carbonyl (C=O) groups excluding carboxylic acids is 2. The number of imide groups is 1. The predicted octanol–water partition coefficient (Wildman–Crippen LogP) is 4.19. The molecule has 1 aliphatic rings. The molecule has 2 amide bonds. The molecule has 2 aromatic rings. The molecule has 0 radical (unpaired) electrons. The van der Waals surface area contributed by atoms with Crippen molar-refractivity contribution in [1.29, 1.82) is 0 Å². The van der Waals surface area contributed by atoms with Gasteiger partial charge in [-0.15, -0.1) is 0 Å². The number of cyclic esters (lactones) is 1. The zero-order valence-electron chi connectivity index (χ0n) is 14.2. The van der Waals surface area contributed by atoms with Gasteiger partial charge >= 0.3 is 6.09 Å². The van der Waals surface area contributed by atoms with Crippen molar-refractivity contribution in [2.75, 3.05) is 6.61 Å². The van der Waals surface area contributed by atoms with Crippen molar-refractivity contribution >= 4 is 12.0 Å². The molecule has 2 aromatic carbocycles. The van der Waals surface area contributed by atoms with Crippen LogP contribution in [0.4, 0.5) is 4.79 Å². The Bertz CT molecular complexity index is 830. The van der Waals surface area contributed by atoms with Gasteiger partial charge in [0.2, 0.25) is 5.91 Å². The predicted molar refractivity (Wildman–Crippen MR) is 95.2 cm³/mol. The number of azide groups is 1. The molecule has 3 rings (SSSR count). The summed E-state index contributed by atoms with van der Waals surface area (Å²) in [6.45, 7) is 1.88. The molecule has 3 atom stereocenters. The Morgan fingerprint density at radius 1 is 1.19 bits per heavy atom. The minimum absolute atomic E-state index is 0.0806. The van der Waals surface area contributed by atoms with Crippen molar-refractivity contribution in [3.05, 3.63) is 82.2 Å². The van der Waals surface area contributed by atoms with Crippen LogP contribution in [0, 0.1) is 0 Å². The van der Waals surface area contributed by atoms with Crippen molar-refractivity contribution in [3.63, 3.8) is 0 Å². The monoisotopic (exact) mass is 350 g/mol. The molecule has 0 aliphatic carbocycles. The lowest BCUT2D eigenvalue weighted by molar-refractivity contribution is -0.131. The van der Waals surface area contributed by atoms with Gasteiger partial charge in [-0.25, -0.2) is 9.69 Å². The molecule has 1 fully saturated rings. The summed E-state index contributed by atoms with van der Waals surface area (Å²) in [6, 6.07) is 16.9. The Morgan fingerprint density at radius 2 is 1.81 bits per heavy atom. The Kier molecular flexibility index (Phi) is 5.20. The van der Waals surface area contributed by atoms with E-state index in [0.29, 0.717) is 0 Å². The lowest BCUT2D eigenvalue weighted by atomic mass is 9.92. The van der Waals surface area contributed by atoms with E-state index in [1.807, 2.05) is 60.7 Å². The summed E-state index contributed by atoms with van der Waals surface area (Å²) in [7, 11) is 0. The van der Waals surface area contributed by atoms with E-state index in [4.69, 9.17) is 10.3 Å². The van der Waals surface area contributed by atoms with E-state index >= 15 is 0 Å². The lowest BCUT2D eigenvalue weighted by Gasteiger charge is -2.26. The highest BCUT2D eigenvalue weighted by Gasteiger charge is 2.42. The lowest BCUT2D eigenvalue weighted by Crippen LogP contribution is -2.42. The van der Waals surface area contributed by atoms with Gasteiger partial charge in [0.15, 0.2) is 0 Å². The van der Waals surface area contributed by atoms with Crippen molar-refractivity contribution in [1.82, 2.24) is 4.90 Å². The number of benzene rings is 2. The van der Waals surface area contributed by atoms with E-state index in [-0.39, 0.29) is 12.5 Å². The molecule has 7 nitrogen and oxygen atoms in total. The molecule has 0 saturated carbocycles. The molecular formula is C19H18N4O3. The molecule has 0 spiro atoms. The number of rotatable bonds is 5. The Morgan fingerprint density at radius 3 is 2.42 bits per heavy atom. The molecule has 0 bridgehead atoms. The Balaban J connectivity index is 1.92. The van der Waals surface area contributed by atoms with Gasteiger partial charge in [0.25, 0.3) is 0 Å². The standard InChI is InChI=1S/C19H18N4O3/c1-13(14-8-4-2-5-9-14)17(21-22-20)18(24)23-16(12-26-19(23)25)15-10-6-3-7-11-15/h2-11,13,16-17H,12H2,1H3/t13-,16-,17-/m0/s1. The van der Waals surface area contributed by atoms with Gasteiger partial charge in [0, 0.05) is 4.91 Å². The average Bonchev–Trinajstić information content (AvgIpc) is 3.08. The normalized spacial score (nSPS) is 18.6. The first-order valence-electron chi connectivity index (χ1n) is 8.27. The number of hydrogen-bond acceptors (Lipinski definition) is 4. The fourth-order valence-corrected chi connectivity index (χ4v) is 3.09. The number of ether oxygens (including phenoxy) is 1. The highest BCUT2D eigenvalue weighted by Crippen LogP contribution is 2.31. The molecule has 1 heterocycles. The Hall–Kier alpha value is -3.31. The summed E-state index contributed by atoms with van der Waals surface area (Å²) in [5.41, 5.74) is 10.6. The highest BCUT2D eigenvalue weighted by molar-refractivity contribution is 5.97. The molecule has 0 aromatic heterocycles. The SMILES string of the molecule is C[C@@H](c1ccccc1)[C@H](N=[N+]=[N-])C(=O)N1C(=O)OC[C@H]1c1ccccc1. The van der Waals surface area contributed by atoms with E-state index in [9.17, 15) is 9.59 Å². The topological polar surface area (TPSA) is 95.4 Å². The zero-order chi connectivity index (χ0) is 18.5. The van der Waals surface area contributed by atoms with E-state index in [2.05, 4.69) is 10.0 Å². The van der Waals surface area contributed by atoms with E-state index in [1.165, 1.54) is 0 Å². The van der Waals surface area contributed by atoms with Crippen LogP contribution >= 0.6 is 0 Å². The maximum atomic E-state index is 13.1. The van der Waals surface area contributed by atoms with Crippen molar-refractivity contribution < 1.29 is 14.3 Å². The molecule has 0 unspecified atom stereocenters. The van der Waals surface area contributed by atoms with E-state index < -0.39 is 24.1 Å². The quantitative estimate of drug-likeness (QED) is 0.459. The highest BCUT2D eigenvalue weighted by atomic mass is 16.6. The summed E-state index contributed by atoms with van der Waals surface area (Å²) in [4.78, 5) is 29.2. The van der Waals surface area contributed by atoms with Gasteiger partial charge in [-0.1, -0.05) is 72.7 Å². The summed E-state index contributed by atoms with van der Waals surface area (Å²) >= 11 is 0. The fraction of sp³-hybridized carbons (Fsp3) is 0.263. The first-order chi connectivity index (χ1) is 12.6. The summed E-state index contributed by atoms with van der Waals surface area (Å²) in [5.74, 6) is -0.945. The van der Waals surface area contributed by atoms with Crippen LogP contribution in [0.5, 0.6) is 0 Å². The van der Waals surface area contributed by atoms with Gasteiger partial charge < -0.3 is 4.74 Å². The zero-order valence-corrected chi connectivity index (χ0v) is 14.2. The van der Waals surface area contributed by atoms with Crippen LogP contribution in [0.2, 0.25) is 0 Å².